The van der Waals surface area contributed by atoms with E-state index >= 15 is 0 Å². The minimum absolute atomic E-state index is 0.0784. The Hall–Kier alpha value is -4.83. The number of rotatable bonds is 64. The zero-order valence-corrected chi connectivity index (χ0v) is 58.9. The summed E-state index contributed by atoms with van der Waals surface area (Å²) in [7, 11) is -9.80. The van der Waals surface area contributed by atoms with Crippen LogP contribution in [0.3, 0.4) is 0 Å². The lowest BCUT2D eigenvalue weighted by Gasteiger charge is -2.21. The van der Waals surface area contributed by atoms with Crippen molar-refractivity contribution in [3.05, 3.63) is 158 Å². The monoisotopic (exact) mass is 1340 g/mol. The molecule has 0 aromatic heterocycles. The predicted molar refractivity (Wildman–Crippen MR) is 380 cm³/mol. The molecule has 0 fully saturated rings. The van der Waals surface area contributed by atoms with Gasteiger partial charge < -0.3 is 34.2 Å². The molecule has 5 unspecified atom stereocenters. The largest absolute Gasteiger partial charge is 0.472 e. The van der Waals surface area contributed by atoms with Gasteiger partial charge in [-0.25, -0.2) is 9.13 Å². The normalized spacial score (nSPS) is 15.1. The van der Waals surface area contributed by atoms with E-state index in [2.05, 4.69) is 179 Å². The molecule has 0 amide bonds. The van der Waals surface area contributed by atoms with Crippen LogP contribution >= 0.6 is 15.6 Å². The van der Waals surface area contributed by atoms with E-state index in [4.69, 9.17) is 32.3 Å². The maximum atomic E-state index is 12.9. The second-order valence-electron chi connectivity index (χ2n) is 22.6. The molecule has 0 rings (SSSR count). The number of ether oxygens (including phenoxy) is 3. The van der Waals surface area contributed by atoms with E-state index in [0.29, 0.717) is 19.3 Å². The molecular weight excluding hydrogens is 1220 g/mol. The Kier molecular flexibility index (Phi) is 63.7. The maximum absolute atomic E-state index is 12.9. The minimum Gasteiger partial charge on any atom is -0.463 e. The molecule has 528 valence electrons. The summed E-state index contributed by atoms with van der Waals surface area (Å²) >= 11 is 0. The highest BCUT2D eigenvalue weighted by Crippen LogP contribution is 2.45. The summed E-state index contributed by atoms with van der Waals surface area (Å²) < 4.78 is 60.8. The Morgan fingerprint density at radius 2 is 0.570 bits per heavy atom. The van der Waals surface area contributed by atoms with Gasteiger partial charge in [0.05, 0.1) is 26.4 Å². The number of aliphatic hydroxyl groups excluding tert-OH is 2. The number of aliphatic hydroxyl groups is 2. The molecule has 0 aromatic carbocycles. The summed E-state index contributed by atoms with van der Waals surface area (Å²) in [5, 5.41) is 20.5. The van der Waals surface area contributed by atoms with Gasteiger partial charge in [-0.3, -0.25) is 32.5 Å². The summed E-state index contributed by atoms with van der Waals surface area (Å²) in [6, 6.07) is 0. The lowest BCUT2D eigenvalue weighted by molar-refractivity contribution is -0.161. The molecule has 0 saturated carbocycles. The van der Waals surface area contributed by atoms with Crippen LogP contribution in [-0.2, 0) is 55.8 Å². The van der Waals surface area contributed by atoms with Gasteiger partial charge in [0.2, 0.25) is 0 Å². The topological polar surface area (TPSA) is 231 Å². The zero-order chi connectivity index (χ0) is 68.1. The van der Waals surface area contributed by atoms with Crippen LogP contribution in [0.4, 0.5) is 0 Å². The molecule has 0 aromatic rings. The number of unbranched alkanes of at least 4 members (excludes halogenated alkanes) is 15. The van der Waals surface area contributed by atoms with E-state index in [1.807, 2.05) is 0 Å². The van der Waals surface area contributed by atoms with Gasteiger partial charge in [-0.05, 0) is 141 Å². The molecule has 0 radical (unpaired) electrons. The van der Waals surface area contributed by atoms with Crippen LogP contribution in [0.2, 0.25) is 0 Å². The first kappa shape index (κ1) is 88.2. The van der Waals surface area contributed by atoms with Crippen molar-refractivity contribution >= 4 is 33.6 Å². The highest BCUT2D eigenvalue weighted by molar-refractivity contribution is 7.47. The highest BCUT2D eigenvalue weighted by atomic mass is 31.2. The number of phosphoric acid groups is 2. The summed E-state index contributed by atoms with van der Waals surface area (Å²) in [5.41, 5.74) is 0. The molecule has 0 bridgehead atoms. The Balaban J connectivity index is 4.62. The zero-order valence-electron chi connectivity index (χ0n) is 57.1. The number of allylic oxidation sites excluding steroid dienone is 26. The highest BCUT2D eigenvalue weighted by Gasteiger charge is 2.29. The van der Waals surface area contributed by atoms with E-state index in [-0.39, 0.29) is 19.3 Å². The van der Waals surface area contributed by atoms with Crippen LogP contribution in [0.15, 0.2) is 158 Å². The van der Waals surface area contributed by atoms with Gasteiger partial charge >= 0.3 is 33.6 Å². The number of phosphoric ester groups is 2. The maximum Gasteiger partial charge on any atom is 0.472 e. The lowest BCUT2D eigenvalue weighted by Crippen LogP contribution is -2.30. The van der Waals surface area contributed by atoms with Gasteiger partial charge in [0.25, 0.3) is 0 Å². The molecule has 4 N–H and O–H groups in total. The summed E-state index contributed by atoms with van der Waals surface area (Å²) in [5.74, 6) is -1.66. The van der Waals surface area contributed by atoms with E-state index < -0.39 is 91.5 Å². The number of esters is 3. The fourth-order valence-corrected chi connectivity index (χ4v) is 10.0. The molecular formula is C75H122O16P2. The van der Waals surface area contributed by atoms with Gasteiger partial charge in [-0.1, -0.05) is 237 Å². The van der Waals surface area contributed by atoms with Crippen LogP contribution in [0.5, 0.6) is 0 Å². The Morgan fingerprint density at radius 1 is 0.312 bits per heavy atom. The Bertz CT molecular complexity index is 2320. The van der Waals surface area contributed by atoms with Crippen LogP contribution in [-0.4, -0.2) is 95.9 Å². The lowest BCUT2D eigenvalue weighted by atomic mass is 10.1. The number of hydrogen-bond acceptors (Lipinski definition) is 14. The van der Waals surface area contributed by atoms with Crippen molar-refractivity contribution < 1.29 is 75.8 Å². The molecule has 0 spiro atoms. The van der Waals surface area contributed by atoms with Crippen molar-refractivity contribution in [1.29, 1.82) is 0 Å². The van der Waals surface area contributed by atoms with Gasteiger partial charge in [0.1, 0.15) is 25.4 Å². The molecule has 0 aliphatic carbocycles. The fraction of sp³-hybridized carbons (Fsp3) is 0.613. The van der Waals surface area contributed by atoms with Crippen LogP contribution in [0, 0.1) is 0 Å². The summed E-state index contributed by atoms with van der Waals surface area (Å²) in [4.78, 5) is 58.3. The SMILES string of the molecule is CC/C=C\C/C=C\C/C=C\C/C=C\C/C=C\C/C=C\CCCCCCCCC(=O)OCC(O)COP(=O)(O)OCC(O)COP(=O)(O)OCC(COC(=O)CCCC/C=C\C/C=C\C/C=C\C/C=C\C/C=C\C/C=C\CC)OC(=O)CCCCCCC/C=C\CCCC. The molecule has 0 saturated heterocycles. The van der Waals surface area contributed by atoms with Crippen molar-refractivity contribution in [1.82, 2.24) is 0 Å². The molecule has 16 nitrogen and oxygen atoms in total. The first-order chi connectivity index (χ1) is 45.2. The second kappa shape index (κ2) is 67.2. The van der Waals surface area contributed by atoms with E-state index in [0.717, 1.165) is 167 Å². The molecule has 0 aliphatic heterocycles. The quantitative estimate of drug-likeness (QED) is 0.0146. The van der Waals surface area contributed by atoms with Crippen LogP contribution in [0.1, 0.15) is 239 Å². The van der Waals surface area contributed by atoms with Crippen molar-refractivity contribution in [3.8, 4) is 0 Å². The van der Waals surface area contributed by atoms with E-state index in [1.54, 1.807) is 0 Å². The first-order valence-electron chi connectivity index (χ1n) is 34.8. The molecule has 0 aliphatic rings. The van der Waals surface area contributed by atoms with Crippen molar-refractivity contribution in [2.24, 2.45) is 0 Å². The third-order valence-electron chi connectivity index (χ3n) is 13.7. The summed E-state index contributed by atoms with van der Waals surface area (Å²) in [6.45, 7) is 2.28. The van der Waals surface area contributed by atoms with E-state index in [1.165, 1.54) is 12.8 Å². The summed E-state index contributed by atoms with van der Waals surface area (Å²) in [6.07, 6.45) is 81.7. The van der Waals surface area contributed by atoms with Crippen molar-refractivity contribution in [3.63, 3.8) is 0 Å². The molecule has 18 heteroatoms. The van der Waals surface area contributed by atoms with E-state index in [9.17, 15) is 43.5 Å². The van der Waals surface area contributed by atoms with Crippen molar-refractivity contribution in [2.75, 3.05) is 39.6 Å². The smallest absolute Gasteiger partial charge is 0.463 e. The standard InChI is InChI=1S/C75H122O16P2/c1-4-7-10-13-16-19-22-24-26-28-30-32-33-34-35-37-39-40-42-44-47-49-52-55-58-61-73(78)85-64-70(76)65-87-92(81,82)88-66-71(77)67-89-93(83,84)90-69-72(91-75(80)63-60-57-54-51-46-21-18-15-12-9-6-3)68-86-74(79)62-59-56-53-50-48-45-43-41-38-36-31-29-27-25-23-20-17-14-11-8-5-2/h7-8,10-11,15-20,24-27,30-32,34-36,39-41,43,48,50,70-72,76-77H,4-6,9,12-14,21-23,28-29,33,37-38,42,44-47,49,51-69H2,1-3H3,(H,81,82)(H,83,84)/b10-7-,11-8-,18-15-,19-16-,20-17-,26-24-,27-25-,32-30-,35-34-,36-31-,40-39-,43-41-,50-48-. The van der Waals surface area contributed by atoms with Crippen molar-refractivity contribution in [2.45, 2.75) is 257 Å². The van der Waals surface area contributed by atoms with Gasteiger partial charge in [-0.2, -0.15) is 0 Å². The molecule has 0 heterocycles. The average Bonchev–Trinajstić information content (AvgIpc) is 3.64. The van der Waals surface area contributed by atoms with Crippen LogP contribution < -0.4 is 0 Å². The van der Waals surface area contributed by atoms with Gasteiger partial charge in [-0.15, -0.1) is 0 Å². The van der Waals surface area contributed by atoms with Gasteiger partial charge in [0.15, 0.2) is 6.10 Å². The molecule has 5 atom stereocenters. The number of hydrogen-bond donors (Lipinski definition) is 4. The third-order valence-corrected chi connectivity index (χ3v) is 15.6. The Morgan fingerprint density at radius 3 is 0.935 bits per heavy atom. The van der Waals surface area contributed by atoms with Gasteiger partial charge in [0, 0.05) is 19.3 Å². The predicted octanol–water partition coefficient (Wildman–Crippen LogP) is 19.5. The molecule has 93 heavy (non-hydrogen) atoms. The first-order valence-corrected chi connectivity index (χ1v) is 37.8. The minimum atomic E-state index is -4.94. The average molecular weight is 1340 g/mol. The fourth-order valence-electron chi connectivity index (χ4n) is 8.44. The van der Waals surface area contributed by atoms with Crippen LogP contribution in [0.25, 0.3) is 0 Å². The second-order valence-corrected chi connectivity index (χ2v) is 25.5. The number of carbonyl (C=O) groups is 3. The number of carbonyl (C=O) groups excluding carboxylic acids is 3. The Labute approximate surface area is 561 Å². The third kappa shape index (κ3) is 68.4.